The molecular formula is C24H24F6N2O. The van der Waals surface area contributed by atoms with Gasteiger partial charge in [-0.3, -0.25) is 9.69 Å². The number of nitrogens with zero attached hydrogens (tertiary/aromatic N) is 1. The number of hydrogen-bond acceptors (Lipinski definition) is 2. The van der Waals surface area contributed by atoms with Crippen LogP contribution in [-0.4, -0.2) is 23.9 Å². The van der Waals surface area contributed by atoms with Crippen molar-refractivity contribution in [1.82, 2.24) is 10.2 Å². The fourth-order valence-electron chi connectivity index (χ4n) is 5.01. The van der Waals surface area contributed by atoms with Gasteiger partial charge in [-0.25, -0.2) is 0 Å². The molecule has 0 spiro atoms. The average molecular weight is 470 g/mol. The lowest BCUT2D eigenvalue weighted by molar-refractivity contribution is -0.143. The third-order valence-corrected chi connectivity index (χ3v) is 6.75. The quantitative estimate of drug-likeness (QED) is 0.534. The van der Waals surface area contributed by atoms with E-state index in [0.717, 1.165) is 56.3 Å². The highest BCUT2D eigenvalue weighted by molar-refractivity contribution is 5.96. The Morgan fingerprint density at radius 1 is 0.909 bits per heavy atom. The summed E-state index contributed by atoms with van der Waals surface area (Å²) in [6.07, 6.45) is -4.80. The molecule has 2 aliphatic rings. The molecule has 0 aromatic heterocycles. The van der Waals surface area contributed by atoms with Crippen molar-refractivity contribution in [2.45, 2.75) is 56.5 Å². The Kier molecular flexibility index (Phi) is 6.20. The number of likely N-dealkylation sites (tertiary alicyclic amines) is 1. The number of amides is 1. The van der Waals surface area contributed by atoms with Crippen LogP contribution in [0.5, 0.6) is 0 Å². The van der Waals surface area contributed by atoms with Gasteiger partial charge in [0.1, 0.15) is 0 Å². The maximum absolute atomic E-state index is 13.4. The third kappa shape index (κ3) is 4.60. The molecule has 1 heterocycles. The first-order valence-corrected chi connectivity index (χ1v) is 10.9. The number of benzene rings is 2. The first-order chi connectivity index (χ1) is 15.5. The predicted octanol–water partition coefficient (Wildman–Crippen LogP) is 6.13. The van der Waals surface area contributed by atoms with Crippen molar-refractivity contribution in [3.05, 3.63) is 70.3 Å². The van der Waals surface area contributed by atoms with E-state index in [1.165, 1.54) is 0 Å². The van der Waals surface area contributed by atoms with E-state index in [1.807, 2.05) is 24.3 Å². The second kappa shape index (κ2) is 8.66. The molecule has 1 aliphatic heterocycles. The number of nitrogens with one attached hydrogen (secondary N) is 1. The van der Waals surface area contributed by atoms with Crippen LogP contribution in [0.3, 0.4) is 0 Å². The van der Waals surface area contributed by atoms with Crippen molar-refractivity contribution in [3.63, 3.8) is 0 Å². The number of carbonyl (C=O) groups excluding carboxylic acids is 1. The highest BCUT2D eigenvalue weighted by Gasteiger charge is 2.44. The Balaban J connectivity index is 1.60. The zero-order valence-corrected chi connectivity index (χ0v) is 17.8. The van der Waals surface area contributed by atoms with Crippen LogP contribution < -0.4 is 5.32 Å². The zero-order valence-electron chi connectivity index (χ0n) is 17.8. The van der Waals surface area contributed by atoms with E-state index in [4.69, 9.17) is 0 Å². The molecule has 4 rings (SSSR count). The van der Waals surface area contributed by atoms with Gasteiger partial charge in [0.05, 0.1) is 16.7 Å². The Bertz CT molecular complexity index is 1020. The monoisotopic (exact) mass is 470 g/mol. The summed E-state index contributed by atoms with van der Waals surface area (Å²) in [5.74, 6) is -1.06. The molecule has 1 aliphatic carbocycles. The minimum absolute atomic E-state index is 0.0110. The average Bonchev–Trinajstić information content (AvgIpc) is 3.19. The van der Waals surface area contributed by atoms with Crippen molar-refractivity contribution in [2.75, 3.05) is 13.1 Å². The smallest absolute Gasteiger partial charge is 0.348 e. The first-order valence-electron chi connectivity index (χ1n) is 10.9. The molecule has 2 fully saturated rings. The van der Waals surface area contributed by atoms with Gasteiger partial charge >= 0.3 is 12.4 Å². The first kappa shape index (κ1) is 23.6. The van der Waals surface area contributed by atoms with E-state index in [-0.39, 0.29) is 18.2 Å². The van der Waals surface area contributed by atoms with Crippen LogP contribution in [0.25, 0.3) is 0 Å². The molecule has 1 saturated heterocycles. The summed E-state index contributed by atoms with van der Waals surface area (Å²) < 4.78 is 79.1. The second-order valence-corrected chi connectivity index (χ2v) is 8.67. The van der Waals surface area contributed by atoms with Gasteiger partial charge in [0.25, 0.3) is 5.91 Å². The summed E-state index contributed by atoms with van der Waals surface area (Å²) in [7, 11) is 0. The molecule has 2 aromatic carbocycles. The molecule has 0 atom stereocenters. The van der Waals surface area contributed by atoms with Gasteiger partial charge in [-0.15, -0.1) is 0 Å². The number of alkyl halides is 6. The molecule has 9 heteroatoms. The Hall–Kier alpha value is -2.55. The summed E-state index contributed by atoms with van der Waals surface area (Å²) in [5.41, 5.74) is -2.15. The van der Waals surface area contributed by atoms with Crippen molar-refractivity contribution in [1.29, 1.82) is 0 Å². The fraction of sp³-hybridized carbons (Fsp3) is 0.458. The van der Waals surface area contributed by atoms with Gasteiger partial charge in [0, 0.05) is 25.2 Å². The molecule has 0 unspecified atom stereocenters. The van der Waals surface area contributed by atoms with E-state index in [1.54, 1.807) is 0 Å². The maximum Gasteiger partial charge on any atom is 0.417 e. The Morgan fingerprint density at radius 3 is 2.15 bits per heavy atom. The Labute approximate surface area is 187 Å². The van der Waals surface area contributed by atoms with Gasteiger partial charge in [-0.2, -0.15) is 26.3 Å². The summed E-state index contributed by atoms with van der Waals surface area (Å²) in [4.78, 5) is 15.1. The van der Waals surface area contributed by atoms with Gasteiger partial charge < -0.3 is 5.32 Å². The fourth-order valence-corrected chi connectivity index (χ4v) is 5.01. The van der Waals surface area contributed by atoms with Crippen LogP contribution in [0.4, 0.5) is 26.3 Å². The summed E-state index contributed by atoms with van der Waals surface area (Å²) in [5, 5.41) is 2.50. The van der Waals surface area contributed by atoms with E-state index in [2.05, 4.69) is 10.2 Å². The molecule has 0 radical (unpaired) electrons. The third-order valence-electron chi connectivity index (χ3n) is 6.75. The normalized spacial score (nSPS) is 18.7. The van der Waals surface area contributed by atoms with Crippen molar-refractivity contribution in [3.8, 4) is 0 Å². The van der Waals surface area contributed by atoms with E-state index >= 15 is 0 Å². The molecule has 0 bridgehead atoms. The lowest BCUT2D eigenvalue weighted by Crippen LogP contribution is -2.52. The van der Waals surface area contributed by atoms with Crippen LogP contribution in [0.2, 0.25) is 0 Å². The molecule has 1 saturated carbocycles. The molecular weight excluding hydrogens is 446 g/mol. The topological polar surface area (TPSA) is 32.3 Å². The number of rotatable bonds is 5. The van der Waals surface area contributed by atoms with Crippen LogP contribution in [-0.2, 0) is 24.4 Å². The number of carbonyl (C=O) groups is 1. The zero-order chi connectivity index (χ0) is 23.9. The summed E-state index contributed by atoms with van der Waals surface area (Å²) >= 11 is 0. The molecule has 3 nitrogen and oxygen atoms in total. The van der Waals surface area contributed by atoms with Gasteiger partial charge in [-0.1, -0.05) is 37.1 Å². The Morgan fingerprint density at radius 2 is 1.58 bits per heavy atom. The van der Waals surface area contributed by atoms with E-state index in [9.17, 15) is 31.1 Å². The highest BCUT2D eigenvalue weighted by atomic mass is 19.4. The number of hydrogen-bond donors (Lipinski definition) is 1. The van der Waals surface area contributed by atoms with Gasteiger partial charge in [0.15, 0.2) is 0 Å². The molecule has 2 aromatic rings. The summed E-state index contributed by atoms with van der Waals surface area (Å²) in [6.45, 7) is 1.96. The van der Waals surface area contributed by atoms with Crippen molar-refractivity contribution >= 4 is 5.91 Å². The van der Waals surface area contributed by atoms with Gasteiger partial charge in [-0.05, 0) is 48.6 Å². The molecule has 178 valence electrons. The second-order valence-electron chi connectivity index (χ2n) is 8.67. The molecule has 1 amide bonds. The molecule has 33 heavy (non-hydrogen) atoms. The highest BCUT2D eigenvalue weighted by Crippen LogP contribution is 2.47. The van der Waals surface area contributed by atoms with Crippen LogP contribution in [0.1, 0.15) is 64.7 Å². The minimum Gasteiger partial charge on any atom is -0.348 e. The standard InChI is InChI=1S/C24H24F6N2O/c25-23(26,27)17-8-9-18(20(14-17)24(28,29)30)21(33)31-15-16-6-1-2-7-19(16)22(10-3-4-11-22)32-12-5-13-32/h1-2,6-9,14H,3-5,10-13,15H2,(H,31,33). The maximum atomic E-state index is 13.4. The summed E-state index contributed by atoms with van der Waals surface area (Å²) in [6, 6.07) is 8.64. The van der Waals surface area contributed by atoms with Crippen LogP contribution >= 0.6 is 0 Å². The number of halogens is 6. The lowest BCUT2D eigenvalue weighted by atomic mass is 9.81. The van der Waals surface area contributed by atoms with Crippen LogP contribution in [0, 0.1) is 0 Å². The minimum atomic E-state index is -5.10. The van der Waals surface area contributed by atoms with Gasteiger partial charge in [0.2, 0.25) is 0 Å². The largest absolute Gasteiger partial charge is 0.417 e. The molecule has 1 N–H and O–H groups in total. The lowest BCUT2D eigenvalue weighted by Gasteiger charge is -2.48. The van der Waals surface area contributed by atoms with E-state index < -0.39 is 35.0 Å². The SMILES string of the molecule is O=C(NCc1ccccc1C1(N2CCC2)CCCC1)c1ccc(C(F)(F)F)cc1C(F)(F)F. The van der Waals surface area contributed by atoms with E-state index in [0.29, 0.717) is 12.1 Å². The van der Waals surface area contributed by atoms with Crippen LogP contribution in [0.15, 0.2) is 42.5 Å². The van der Waals surface area contributed by atoms with Crippen molar-refractivity contribution < 1.29 is 31.1 Å². The van der Waals surface area contributed by atoms with Crippen molar-refractivity contribution in [2.24, 2.45) is 0 Å². The predicted molar refractivity (Wildman–Crippen MR) is 110 cm³/mol.